The van der Waals surface area contributed by atoms with Gasteiger partial charge in [-0.2, -0.15) is 0 Å². The Morgan fingerprint density at radius 3 is 0.435 bits per heavy atom. The van der Waals surface area contributed by atoms with Gasteiger partial charge in [-0.15, -0.1) is 0 Å². The van der Waals surface area contributed by atoms with E-state index in [1.165, 1.54) is 0 Å². The smallest absolute Gasteiger partial charge is 0 e. The molecule has 0 atom stereocenters. The fraction of sp³-hybridized carbons (Fsp3) is 0. The van der Waals surface area contributed by atoms with Crippen molar-refractivity contribution in [2.24, 2.45) is 0 Å². The van der Waals surface area contributed by atoms with Crippen molar-refractivity contribution in [1.29, 1.82) is 0 Å². The van der Waals surface area contributed by atoms with Gasteiger partial charge in [0.25, 0.3) is 0 Å². The summed E-state index contributed by atoms with van der Waals surface area (Å²) in [5.41, 5.74) is 0. The van der Waals surface area contributed by atoms with E-state index < -0.39 is 31.2 Å². The molecular weight excluding hydrogens is 642 g/mol. The first-order chi connectivity index (χ1) is 6.00. The molecular formula is H2Al2Cr2K2Ni2O12S3. The van der Waals surface area contributed by atoms with Crippen LogP contribution in [0.25, 0.3) is 0 Å². The SMILES string of the molecule is O=S(=O)([O-])[O-].O=S(=O)([O-])[O-].O=S(=O)([O-])[O-].[Al+3].[Al+3].[Cr].[Cr].[KH].[KH].[Ni].[Ni]. The summed E-state index contributed by atoms with van der Waals surface area (Å²) in [6, 6.07) is 0. The maximum absolute atomic E-state index is 8.52. The summed E-state index contributed by atoms with van der Waals surface area (Å²) in [6.45, 7) is 0. The predicted molar refractivity (Wildman–Crippen MR) is 57.2 cm³/mol. The van der Waals surface area contributed by atoms with E-state index in [2.05, 4.69) is 0 Å². The third kappa shape index (κ3) is 526. The molecule has 0 heterocycles. The zero-order chi connectivity index (χ0) is 13.5. The summed E-state index contributed by atoms with van der Waals surface area (Å²) in [5, 5.41) is 0. The first kappa shape index (κ1) is 70.2. The molecule has 0 aliphatic heterocycles. The van der Waals surface area contributed by atoms with Crippen molar-refractivity contribution in [3.8, 4) is 0 Å². The van der Waals surface area contributed by atoms with Crippen molar-refractivity contribution in [2.75, 3.05) is 0 Å². The normalized spacial score (nSPS) is 7.57. The van der Waals surface area contributed by atoms with Gasteiger partial charge in [0.05, 0.1) is 0 Å². The van der Waals surface area contributed by atoms with Crippen molar-refractivity contribution >= 4 is 169 Å². The van der Waals surface area contributed by atoms with Gasteiger partial charge in [-0.3, -0.25) is 25.3 Å². The van der Waals surface area contributed by atoms with E-state index in [1.54, 1.807) is 0 Å². The van der Waals surface area contributed by atoms with Crippen LogP contribution < -0.4 is 0 Å². The maximum atomic E-state index is 8.52. The van der Waals surface area contributed by atoms with Crippen LogP contribution in [-0.2, 0) is 98.9 Å². The molecule has 23 heavy (non-hydrogen) atoms. The quantitative estimate of drug-likeness (QED) is 0.136. The average molecular weight is 644 g/mol. The van der Waals surface area contributed by atoms with Crippen molar-refractivity contribution in [3.63, 3.8) is 0 Å². The fourth-order valence-electron chi connectivity index (χ4n) is 0. The minimum atomic E-state index is -5.17. The van der Waals surface area contributed by atoms with Crippen LogP contribution in [0.15, 0.2) is 0 Å². The largest absolute Gasteiger partial charge is 0 e. The van der Waals surface area contributed by atoms with Gasteiger partial charge >= 0.3 is 137 Å². The number of rotatable bonds is 0. The van der Waals surface area contributed by atoms with Crippen LogP contribution in [-0.4, -0.2) is 190 Å². The van der Waals surface area contributed by atoms with E-state index in [0.29, 0.717) is 0 Å². The molecule has 12 nitrogen and oxygen atoms in total. The summed E-state index contributed by atoms with van der Waals surface area (Å²) in [7, 11) is -15.5. The Morgan fingerprint density at radius 1 is 0.435 bits per heavy atom. The first-order valence-corrected chi connectivity index (χ1v) is 6.00. The Labute approximate surface area is 282 Å². The van der Waals surface area contributed by atoms with E-state index in [4.69, 9.17) is 52.6 Å². The molecule has 0 rings (SSSR count). The van der Waals surface area contributed by atoms with Gasteiger partial charge in [-0.25, -0.2) is 0 Å². The summed E-state index contributed by atoms with van der Waals surface area (Å²) in [4.78, 5) is 0. The Hall–Kier alpha value is 6.00. The van der Waals surface area contributed by atoms with Crippen LogP contribution in [0.1, 0.15) is 0 Å². The van der Waals surface area contributed by atoms with Gasteiger partial charge in [-0.05, 0) is 0 Å². The molecule has 0 aromatic rings. The van der Waals surface area contributed by atoms with Crippen molar-refractivity contribution in [1.82, 2.24) is 0 Å². The monoisotopic (exact) mass is 642 g/mol. The Kier molecular flexibility index (Phi) is 108. The zero-order valence-electron chi connectivity index (χ0n) is 8.73. The molecule has 0 unspecified atom stereocenters. The van der Waals surface area contributed by atoms with Crippen molar-refractivity contribution < 1.29 is 120 Å². The fourth-order valence-corrected chi connectivity index (χ4v) is 0. The second kappa shape index (κ2) is 35.4. The van der Waals surface area contributed by atoms with Crippen LogP contribution in [0.5, 0.6) is 0 Å². The number of hydrogen-bond donors (Lipinski definition) is 0. The molecule has 0 amide bonds. The molecule has 0 aliphatic rings. The van der Waals surface area contributed by atoms with Crippen molar-refractivity contribution in [3.05, 3.63) is 0 Å². The Bertz CT molecular complexity index is 369. The van der Waals surface area contributed by atoms with E-state index in [-0.39, 0.29) is 205 Å². The standard InChI is InChI=1S/2Al.2Cr.2K.2Ni.3H2O4S.2H/c;;;;;;;;3*1-5(2,3)4;;/h;;;;;;;;3*(H2,1,2,3,4);;/q2*+3;;;;;;;;;;;/p-6. The Balaban J connectivity index is -0.00000000889. The third-order valence-electron chi connectivity index (χ3n) is 0. The number of hydrogen-bond acceptors (Lipinski definition) is 12. The molecule has 0 radical (unpaired) electrons. The molecule has 0 fully saturated rings. The van der Waals surface area contributed by atoms with Gasteiger partial charge in [0.1, 0.15) is 0 Å². The predicted octanol–water partition coefficient (Wildman–Crippen LogP) is -6.08. The average Bonchev–Trinajstić information content (AvgIpc) is 1.41. The summed E-state index contributed by atoms with van der Waals surface area (Å²) in [5.74, 6) is 0. The van der Waals surface area contributed by atoms with Gasteiger partial charge in [0, 0.05) is 98.9 Å². The molecule has 0 saturated heterocycles. The van der Waals surface area contributed by atoms with Crippen LogP contribution in [0.3, 0.4) is 0 Å². The van der Waals surface area contributed by atoms with Crippen LogP contribution in [0.4, 0.5) is 0 Å². The van der Waals surface area contributed by atoms with Crippen LogP contribution in [0, 0.1) is 0 Å². The van der Waals surface area contributed by atoms with Gasteiger partial charge in [0.2, 0.25) is 0 Å². The molecule has 0 bridgehead atoms. The summed E-state index contributed by atoms with van der Waals surface area (Å²) in [6.07, 6.45) is 0. The van der Waals surface area contributed by atoms with Crippen molar-refractivity contribution in [2.45, 2.75) is 0 Å². The van der Waals surface area contributed by atoms with E-state index in [0.717, 1.165) is 0 Å². The molecule has 0 N–H and O–H groups in total. The van der Waals surface area contributed by atoms with Gasteiger partial charge < -0.3 is 27.3 Å². The molecule has 0 aromatic heterocycles. The minimum absolute atomic E-state index is 0. The van der Waals surface area contributed by atoms with E-state index in [9.17, 15) is 0 Å². The Morgan fingerprint density at radius 2 is 0.435 bits per heavy atom. The maximum Gasteiger partial charge on any atom is 0 e. The van der Waals surface area contributed by atoms with E-state index in [1.807, 2.05) is 0 Å². The summed E-state index contributed by atoms with van der Waals surface area (Å²) < 4.78 is 102. The molecule has 0 spiro atoms. The van der Waals surface area contributed by atoms with Crippen LogP contribution >= 0.6 is 0 Å². The first-order valence-electron chi connectivity index (χ1n) is 2.00. The molecule has 132 valence electrons. The van der Waals surface area contributed by atoms with Gasteiger partial charge in [-0.1, -0.05) is 0 Å². The second-order valence-electron chi connectivity index (χ2n) is 1.22. The van der Waals surface area contributed by atoms with Crippen LogP contribution in [0.2, 0.25) is 0 Å². The summed E-state index contributed by atoms with van der Waals surface area (Å²) >= 11 is 0. The molecule has 0 saturated carbocycles. The topological polar surface area (TPSA) is 241 Å². The third-order valence-corrected chi connectivity index (χ3v) is 0. The zero-order valence-corrected chi connectivity index (χ0v) is 18.0. The molecule has 23 heteroatoms. The van der Waals surface area contributed by atoms with Gasteiger partial charge in [0.15, 0.2) is 0 Å². The molecule has 0 aliphatic carbocycles. The molecule has 0 aromatic carbocycles. The second-order valence-corrected chi connectivity index (χ2v) is 3.67. The van der Waals surface area contributed by atoms with E-state index >= 15 is 0 Å². The minimum Gasteiger partial charge on any atom is 0 e.